The van der Waals surface area contributed by atoms with E-state index in [2.05, 4.69) is 20.7 Å². The van der Waals surface area contributed by atoms with Crippen molar-refractivity contribution in [1.82, 2.24) is 14.8 Å². The van der Waals surface area contributed by atoms with E-state index in [1.54, 1.807) is 38.3 Å². The molecule has 114 valence electrons. The Labute approximate surface area is 126 Å². The topological polar surface area (TPSA) is 98.1 Å². The number of aromatic nitrogens is 3. The van der Waals surface area contributed by atoms with Crippen molar-refractivity contribution in [2.75, 3.05) is 17.7 Å². The third-order valence-corrected chi connectivity index (χ3v) is 3.30. The first-order valence-corrected chi connectivity index (χ1v) is 6.75. The summed E-state index contributed by atoms with van der Waals surface area (Å²) in [6.07, 6.45) is -0.0150. The lowest BCUT2D eigenvalue weighted by molar-refractivity contribution is -0.123. The molecule has 1 atom stereocenters. The van der Waals surface area contributed by atoms with Gasteiger partial charge in [-0.3, -0.25) is 14.9 Å². The SMILES string of the molecule is COc1cccc(NC(=O)C[C@@H]2C(=O)Nc3nc(C)nn32)c1. The minimum atomic E-state index is -0.679. The van der Waals surface area contributed by atoms with Gasteiger partial charge in [0, 0.05) is 11.8 Å². The van der Waals surface area contributed by atoms with Crippen molar-refractivity contribution < 1.29 is 14.3 Å². The molecule has 1 aliphatic heterocycles. The number of hydrogen-bond donors (Lipinski definition) is 2. The second-order valence-corrected chi connectivity index (χ2v) is 4.92. The number of carbonyl (C=O) groups excluding carboxylic acids is 2. The summed E-state index contributed by atoms with van der Waals surface area (Å²) in [6.45, 7) is 1.73. The fraction of sp³-hybridized carbons (Fsp3) is 0.286. The first kappa shape index (κ1) is 14.1. The zero-order chi connectivity index (χ0) is 15.7. The highest BCUT2D eigenvalue weighted by molar-refractivity contribution is 6.00. The molecular weight excluding hydrogens is 286 g/mol. The standard InChI is InChI=1S/C14H15N5O3/c1-8-15-14-17-13(21)11(19(14)18-8)7-12(20)16-9-4-3-5-10(6-9)22-2/h3-6,11H,7H2,1-2H3,(H,16,20)(H,15,17,18,21)/t11-/m1/s1. The smallest absolute Gasteiger partial charge is 0.252 e. The van der Waals surface area contributed by atoms with Crippen molar-refractivity contribution in [2.45, 2.75) is 19.4 Å². The van der Waals surface area contributed by atoms with Crippen molar-refractivity contribution in [3.8, 4) is 5.75 Å². The highest BCUT2D eigenvalue weighted by Gasteiger charge is 2.34. The molecule has 0 bridgehead atoms. The van der Waals surface area contributed by atoms with Gasteiger partial charge in [0.1, 0.15) is 17.6 Å². The van der Waals surface area contributed by atoms with Crippen LogP contribution < -0.4 is 15.4 Å². The predicted molar refractivity (Wildman–Crippen MR) is 78.7 cm³/mol. The largest absolute Gasteiger partial charge is 0.497 e. The quantitative estimate of drug-likeness (QED) is 0.881. The van der Waals surface area contributed by atoms with Crippen molar-refractivity contribution in [3.63, 3.8) is 0 Å². The van der Waals surface area contributed by atoms with E-state index in [0.29, 0.717) is 23.2 Å². The maximum atomic E-state index is 12.1. The van der Waals surface area contributed by atoms with Crippen LogP contribution in [0.3, 0.4) is 0 Å². The number of ether oxygens (including phenoxy) is 1. The Kier molecular flexibility index (Phi) is 3.50. The van der Waals surface area contributed by atoms with Gasteiger partial charge in [-0.1, -0.05) is 6.07 Å². The van der Waals surface area contributed by atoms with Crippen LogP contribution in [0, 0.1) is 6.92 Å². The number of fused-ring (bicyclic) bond motifs is 1. The lowest BCUT2D eigenvalue weighted by Gasteiger charge is -2.10. The molecule has 2 heterocycles. The van der Waals surface area contributed by atoms with Gasteiger partial charge in [-0.2, -0.15) is 10.1 Å². The summed E-state index contributed by atoms with van der Waals surface area (Å²) in [7, 11) is 1.55. The highest BCUT2D eigenvalue weighted by Crippen LogP contribution is 2.25. The average Bonchev–Trinajstić information content (AvgIpc) is 2.96. The van der Waals surface area contributed by atoms with Gasteiger partial charge in [-0.05, 0) is 19.1 Å². The minimum Gasteiger partial charge on any atom is -0.497 e. The molecule has 2 N–H and O–H groups in total. The Balaban J connectivity index is 1.70. The van der Waals surface area contributed by atoms with Crippen molar-refractivity contribution in [2.24, 2.45) is 0 Å². The fourth-order valence-corrected chi connectivity index (χ4v) is 2.30. The van der Waals surface area contributed by atoms with Crippen LogP contribution in [0.1, 0.15) is 18.3 Å². The molecule has 0 spiro atoms. The van der Waals surface area contributed by atoms with E-state index in [0.717, 1.165) is 0 Å². The van der Waals surface area contributed by atoms with E-state index in [-0.39, 0.29) is 18.2 Å². The zero-order valence-electron chi connectivity index (χ0n) is 12.2. The lowest BCUT2D eigenvalue weighted by Crippen LogP contribution is -2.23. The van der Waals surface area contributed by atoms with Gasteiger partial charge in [0.2, 0.25) is 11.9 Å². The normalized spacial score (nSPS) is 16.1. The minimum absolute atomic E-state index is 0.0150. The molecule has 0 saturated heterocycles. The number of carbonyl (C=O) groups is 2. The lowest BCUT2D eigenvalue weighted by atomic mass is 10.2. The Morgan fingerprint density at radius 2 is 2.32 bits per heavy atom. The van der Waals surface area contributed by atoms with E-state index in [9.17, 15) is 9.59 Å². The molecule has 2 amide bonds. The van der Waals surface area contributed by atoms with Gasteiger partial charge in [-0.25, -0.2) is 4.68 Å². The Hall–Kier alpha value is -2.90. The van der Waals surface area contributed by atoms with Crippen LogP contribution in [-0.2, 0) is 9.59 Å². The Bertz CT molecular complexity index is 740. The molecule has 0 radical (unpaired) electrons. The second-order valence-electron chi connectivity index (χ2n) is 4.92. The van der Waals surface area contributed by atoms with E-state index >= 15 is 0 Å². The Morgan fingerprint density at radius 1 is 1.50 bits per heavy atom. The van der Waals surface area contributed by atoms with Gasteiger partial charge in [0.25, 0.3) is 5.91 Å². The van der Waals surface area contributed by atoms with Crippen LogP contribution in [0.15, 0.2) is 24.3 Å². The summed E-state index contributed by atoms with van der Waals surface area (Å²) >= 11 is 0. The molecule has 2 aromatic rings. The van der Waals surface area contributed by atoms with Crippen LogP contribution >= 0.6 is 0 Å². The molecular formula is C14H15N5O3. The molecule has 1 aromatic carbocycles. The third-order valence-electron chi connectivity index (χ3n) is 3.30. The number of hydrogen-bond acceptors (Lipinski definition) is 5. The van der Waals surface area contributed by atoms with Crippen molar-refractivity contribution >= 4 is 23.5 Å². The molecule has 0 saturated carbocycles. The monoisotopic (exact) mass is 301 g/mol. The van der Waals surface area contributed by atoms with Gasteiger partial charge in [0.15, 0.2) is 0 Å². The summed E-state index contributed by atoms with van der Waals surface area (Å²) in [6, 6.07) is 6.33. The molecule has 3 rings (SSSR count). The number of aryl methyl sites for hydroxylation is 1. The maximum Gasteiger partial charge on any atom is 0.252 e. The van der Waals surface area contributed by atoms with Gasteiger partial charge in [-0.15, -0.1) is 0 Å². The molecule has 0 aliphatic carbocycles. The number of amides is 2. The number of benzene rings is 1. The van der Waals surface area contributed by atoms with Gasteiger partial charge in [0.05, 0.1) is 13.5 Å². The number of methoxy groups -OCH3 is 1. The van der Waals surface area contributed by atoms with Crippen molar-refractivity contribution in [1.29, 1.82) is 0 Å². The van der Waals surface area contributed by atoms with Crippen LogP contribution in [0.4, 0.5) is 11.6 Å². The summed E-state index contributed by atoms with van der Waals surface area (Å²) < 4.78 is 6.55. The summed E-state index contributed by atoms with van der Waals surface area (Å²) in [4.78, 5) is 28.1. The van der Waals surface area contributed by atoms with E-state index in [1.807, 2.05) is 0 Å². The average molecular weight is 301 g/mol. The Morgan fingerprint density at radius 3 is 3.09 bits per heavy atom. The van der Waals surface area contributed by atoms with Crippen LogP contribution in [0.2, 0.25) is 0 Å². The highest BCUT2D eigenvalue weighted by atomic mass is 16.5. The van der Waals surface area contributed by atoms with Gasteiger partial charge < -0.3 is 10.1 Å². The summed E-state index contributed by atoms with van der Waals surface area (Å²) in [5, 5.41) is 9.48. The molecule has 1 aliphatic rings. The first-order valence-electron chi connectivity index (χ1n) is 6.75. The van der Waals surface area contributed by atoms with Crippen LogP contribution in [0.25, 0.3) is 0 Å². The molecule has 1 aromatic heterocycles. The van der Waals surface area contributed by atoms with Crippen LogP contribution in [0.5, 0.6) is 5.75 Å². The molecule has 8 heteroatoms. The third kappa shape index (κ3) is 2.62. The van der Waals surface area contributed by atoms with E-state index in [4.69, 9.17) is 4.74 Å². The predicted octanol–water partition coefficient (Wildman–Crippen LogP) is 1.12. The molecule has 0 unspecified atom stereocenters. The number of nitrogens with zero attached hydrogens (tertiary/aromatic N) is 3. The van der Waals surface area contributed by atoms with E-state index in [1.165, 1.54) is 4.68 Å². The number of anilines is 2. The number of rotatable bonds is 4. The van der Waals surface area contributed by atoms with E-state index < -0.39 is 6.04 Å². The summed E-state index contributed by atoms with van der Waals surface area (Å²) in [5.74, 6) is 1.01. The molecule has 8 nitrogen and oxygen atoms in total. The number of nitrogens with one attached hydrogen (secondary N) is 2. The molecule has 22 heavy (non-hydrogen) atoms. The van der Waals surface area contributed by atoms with Crippen molar-refractivity contribution in [3.05, 3.63) is 30.1 Å². The van der Waals surface area contributed by atoms with Gasteiger partial charge >= 0.3 is 0 Å². The second kappa shape index (κ2) is 5.47. The maximum absolute atomic E-state index is 12.1. The summed E-state index contributed by atoms with van der Waals surface area (Å²) in [5.41, 5.74) is 0.609. The fourth-order valence-electron chi connectivity index (χ4n) is 2.30. The van der Waals surface area contributed by atoms with Crippen LogP contribution in [-0.4, -0.2) is 33.7 Å². The molecule has 0 fully saturated rings. The zero-order valence-corrected chi connectivity index (χ0v) is 12.2. The first-order chi connectivity index (χ1) is 10.6.